The van der Waals surface area contributed by atoms with Gasteiger partial charge in [-0.25, -0.2) is 4.39 Å². The normalized spacial score (nSPS) is 23.1. The van der Waals surface area contributed by atoms with E-state index in [4.69, 9.17) is 4.74 Å². The molecule has 0 aliphatic heterocycles. The Morgan fingerprint density at radius 1 is 1.50 bits per heavy atom. The highest BCUT2D eigenvalue weighted by Crippen LogP contribution is 2.24. The summed E-state index contributed by atoms with van der Waals surface area (Å²) in [7, 11) is 1.63. The molecule has 0 saturated heterocycles. The van der Waals surface area contributed by atoms with Crippen molar-refractivity contribution in [2.45, 2.75) is 31.4 Å². The molecular formula is C13H15BrFNO2. The SMILES string of the molecule is COC1CCCC1NC(=O)c1c(F)cccc1Br. The maximum absolute atomic E-state index is 13.6. The number of benzene rings is 1. The van der Waals surface area contributed by atoms with Crippen molar-refractivity contribution in [3.63, 3.8) is 0 Å². The lowest BCUT2D eigenvalue weighted by Crippen LogP contribution is -2.41. The first-order valence-corrected chi connectivity index (χ1v) is 6.70. The Bertz CT molecular complexity index is 432. The number of nitrogens with one attached hydrogen (secondary N) is 1. The van der Waals surface area contributed by atoms with Gasteiger partial charge in [-0.05, 0) is 47.3 Å². The van der Waals surface area contributed by atoms with E-state index in [2.05, 4.69) is 21.2 Å². The number of methoxy groups -OCH3 is 1. The number of carbonyl (C=O) groups excluding carboxylic acids is 1. The lowest BCUT2D eigenvalue weighted by atomic mass is 10.1. The zero-order chi connectivity index (χ0) is 13.1. The van der Waals surface area contributed by atoms with Gasteiger partial charge in [0.25, 0.3) is 5.91 Å². The monoisotopic (exact) mass is 315 g/mol. The van der Waals surface area contributed by atoms with E-state index >= 15 is 0 Å². The van der Waals surface area contributed by atoms with Crippen molar-refractivity contribution in [3.05, 3.63) is 34.1 Å². The molecule has 0 heterocycles. The molecule has 0 spiro atoms. The second kappa shape index (κ2) is 5.80. The molecule has 1 amide bonds. The second-order valence-electron chi connectivity index (χ2n) is 4.38. The first-order valence-electron chi connectivity index (χ1n) is 5.91. The number of amides is 1. The van der Waals surface area contributed by atoms with Crippen LogP contribution in [-0.2, 0) is 4.74 Å². The van der Waals surface area contributed by atoms with Gasteiger partial charge in [0.2, 0.25) is 0 Å². The van der Waals surface area contributed by atoms with E-state index in [9.17, 15) is 9.18 Å². The number of hydrogen-bond donors (Lipinski definition) is 1. The van der Waals surface area contributed by atoms with Crippen LogP contribution in [0.3, 0.4) is 0 Å². The number of carbonyl (C=O) groups is 1. The molecule has 98 valence electrons. The molecule has 5 heteroatoms. The Labute approximate surface area is 114 Å². The summed E-state index contributed by atoms with van der Waals surface area (Å²) in [4.78, 5) is 12.1. The molecule has 1 aliphatic rings. The first-order chi connectivity index (χ1) is 8.63. The zero-order valence-electron chi connectivity index (χ0n) is 10.1. The van der Waals surface area contributed by atoms with Crippen molar-refractivity contribution in [1.82, 2.24) is 5.32 Å². The van der Waals surface area contributed by atoms with E-state index in [-0.39, 0.29) is 17.7 Å². The first kappa shape index (κ1) is 13.5. The summed E-state index contributed by atoms with van der Waals surface area (Å²) in [5.41, 5.74) is 0.0549. The molecule has 1 fully saturated rings. The molecule has 2 rings (SSSR count). The summed E-state index contributed by atoms with van der Waals surface area (Å²) in [6, 6.07) is 4.46. The number of rotatable bonds is 3. The Morgan fingerprint density at radius 3 is 2.94 bits per heavy atom. The number of hydrogen-bond acceptors (Lipinski definition) is 2. The van der Waals surface area contributed by atoms with Gasteiger partial charge in [0.05, 0.1) is 17.7 Å². The lowest BCUT2D eigenvalue weighted by molar-refractivity contribution is 0.0719. The maximum atomic E-state index is 13.6. The second-order valence-corrected chi connectivity index (χ2v) is 5.24. The van der Waals surface area contributed by atoms with Crippen molar-refractivity contribution in [1.29, 1.82) is 0 Å². The standard InChI is InChI=1S/C13H15BrFNO2/c1-18-11-7-3-6-10(11)16-13(17)12-8(14)4-2-5-9(12)15/h2,4-5,10-11H,3,6-7H2,1H3,(H,16,17). The van der Waals surface area contributed by atoms with Crippen molar-refractivity contribution >= 4 is 21.8 Å². The number of ether oxygens (including phenoxy) is 1. The fourth-order valence-corrected chi connectivity index (χ4v) is 2.85. The van der Waals surface area contributed by atoms with Gasteiger partial charge in [0.15, 0.2) is 0 Å². The van der Waals surface area contributed by atoms with Crippen LogP contribution in [0.2, 0.25) is 0 Å². The van der Waals surface area contributed by atoms with E-state index in [1.54, 1.807) is 19.2 Å². The summed E-state index contributed by atoms with van der Waals surface area (Å²) < 4.78 is 19.4. The van der Waals surface area contributed by atoms with Crippen LogP contribution in [0, 0.1) is 5.82 Å². The van der Waals surface area contributed by atoms with E-state index in [1.807, 2.05) is 0 Å². The van der Waals surface area contributed by atoms with E-state index in [1.165, 1.54) is 6.07 Å². The molecule has 1 N–H and O–H groups in total. The molecule has 3 nitrogen and oxygen atoms in total. The van der Waals surface area contributed by atoms with Crippen molar-refractivity contribution in [2.24, 2.45) is 0 Å². The third kappa shape index (κ3) is 2.72. The fourth-order valence-electron chi connectivity index (χ4n) is 2.33. The van der Waals surface area contributed by atoms with E-state index < -0.39 is 11.7 Å². The summed E-state index contributed by atoms with van der Waals surface area (Å²) in [6.07, 6.45) is 2.84. The van der Waals surface area contributed by atoms with Crippen LogP contribution in [0.5, 0.6) is 0 Å². The summed E-state index contributed by atoms with van der Waals surface area (Å²) >= 11 is 3.20. The minimum Gasteiger partial charge on any atom is -0.379 e. The molecule has 0 aromatic heterocycles. The molecular weight excluding hydrogens is 301 g/mol. The predicted molar refractivity (Wildman–Crippen MR) is 70.0 cm³/mol. The Morgan fingerprint density at radius 2 is 2.28 bits per heavy atom. The third-order valence-electron chi connectivity index (χ3n) is 3.26. The highest BCUT2D eigenvalue weighted by Gasteiger charge is 2.29. The summed E-state index contributed by atoms with van der Waals surface area (Å²) in [5, 5.41) is 2.84. The van der Waals surface area contributed by atoms with Gasteiger partial charge in [-0.3, -0.25) is 4.79 Å². The number of halogens is 2. The van der Waals surface area contributed by atoms with Crippen LogP contribution < -0.4 is 5.32 Å². The van der Waals surface area contributed by atoms with Gasteiger partial charge < -0.3 is 10.1 Å². The van der Waals surface area contributed by atoms with Crippen molar-refractivity contribution in [2.75, 3.05) is 7.11 Å². The topological polar surface area (TPSA) is 38.3 Å². The predicted octanol–water partition coefficient (Wildman–Crippen LogP) is 2.89. The summed E-state index contributed by atoms with van der Waals surface area (Å²) in [5.74, 6) is -0.914. The van der Waals surface area contributed by atoms with Crippen LogP contribution in [0.25, 0.3) is 0 Å². The van der Waals surface area contributed by atoms with Gasteiger partial charge in [-0.2, -0.15) is 0 Å². The van der Waals surface area contributed by atoms with Crippen LogP contribution in [0.1, 0.15) is 29.6 Å². The van der Waals surface area contributed by atoms with Crippen LogP contribution >= 0.6 is 15.9 Å². The smallest absolute Gasteiger partial charge is 0.255 e. The summed E-state index contributed by atoms with van der Waals surface area (Å²) in [6.45, 7) is 0. The van der Waals surface area contributed by atoms with Gasteiger partial charge in [-0.15, -0.1) is 0 Å². The molecule has 1 aromatic carbocycles. The van der Waals surface area contributed by atoms with Gasteiger partial charge in [0.1, 0.15) is 5.82 Å². The molecule has 18 heavy (non-hydrogen) atoms. The van der Waals surface area contributed by atoms with Crippen LogP contribution in [0.4, 0.5) is 4.39 Å². The molecule has 2 unspecified atom stereocenters. The largest absolute Gasteiger partial charge is 0.379 e. The molecule has 1 saturated carbocycles. The fraction of sp³-hybridized carbons (Fsp3) is 0.462. The maximum Gasteiger partial charge on any atom is 0.255 e. The molecule has 2 atom stereocenters. The molecule has 0 radical (unpaired) electrons. The highest BCUT2D eigenvalue weighted by atomic mass is 79.9. The van der Waals surface area contributed by atoms with E-state index in [0.29, 0.717) is 4.47 Å². The molecule has 1 aliphatic carbocycles. The van der Waals surface area contributed by atoms with Crippen molar-refractivity contribution < 1.29 is 13.9 Å². The zero-order valence-corrected chi connectivity index (χ0v) is 11.7. The van der Waals surface area contributed by atoms with Crippen LogP contribution in [0.15, 0.2) is 22.7 Å². The van der Waals surface area contributed by atoms with Crippen LogP contribution in [-0.4, -0.2) is 25.2 Å². The van der Waals surface area contributed by atoms with Gasteiger partial charge in [0, 0.05) is 11.6 Å². The quantitative estimate of drug-likeness (QED) is 0.931. The Balaban J connectivity index is 2.12. The Kier molecular flexibility index (Phi) is 4.35. The molecule has 0 bridgehead atoms. The third-order valence-corrected chi connectivity index (χ3v) is 3.92. The van der Waals surface area contributed by atoms with Crippen molar-refractivity contribution in [3.8, 4) is 0 Å². The van der Waals surface area contributed by atoms with Gasteiger partial charge >= 0.3 is 0 Å². The average molecular weight is 316 g/mol. The lowest BCUT2D eigenvalue weighted by Gasteiger charge is -2.20. The van der Waals surface area contributed by atoms with Gasteiger partial charge in [-0.1, -0.05) is 6.07 Å². The Hall–Kier alpha value is -0.940. The van der Waals surface area contributed by atoms with E-state index in [0.717, 1.165) is 19.3 Å². The molecule has 1 aromatic rings. The minimum atomic E-state index is -0.520. The highest BCUT2D eigenvalue weighted by molar-refractivity contribution is 9.10. The minimum absolute atomic E-state index is 0.0273. The average Bonchev–Trinajstić information content (AvgIpc) is 2.76.